The maximum atomic E-state index is 11.1. The minimum absolute atomic E-state index is 1.10. The van der Waals surface area contributed by atoms with Crippen molar-refractivity contribution < 1.29 is 29.3 Å². The molecule has 0 spiro atoms. The molecule has 0 aromatic carbocycles. The lowest BCUT2D eigenvalue weighted by Gasteiger charge is -2.22. The molecule has 0 saturated carbocycles. The van der Waals surface area contributed by atoms with E-state index in [1.165, 1.54) is 0 Å². The molecule has 0 heterocycles. The highest BCUT2D eigenvalue weighted by molar-refractivity contribution is 6.24. The maximum absolute atomic E-state index is 11.1. The molecular weight excluding hydrogens is 196 g/mol. The average molecular weight is 206 g/mol. The highest BCUT2D eigenvalue weighted by atomic mass is 16.6. The van der Waals surface area contributed by atoms with Crippen LogP contribution in [-0.2, 0) is 19.1 Å². The van der Waals surface area contributed by atoms with E-state index < -0.39 is 30.2 Å². The van der Waals surface area contributed by atoms with E-state index in [4.69, 9.17) is 15.9 Å². The summed E-state index contributed by atoms with van der Waals surface area (Å²) in [5, 5.41) is 18.9. The van der Waals surface area contributed by atoms with E-state index in [1.54, 1.807) is 0 Å². The van der Waals surface area contributed by atoms with E-state index in [0.717, 1.165) is 7.05 Å². The number of carbonyl (C=O) groups excluding carboxylic acids is 2. The van der Waals surface area contributed by atoms with Gasteiger partial charge in [0.1, 0.15) is 6.79 Å². The lowest BCUT2D eigenvalue weighted by atomic mass is 10.0. The summed E-state index contributed by atoms with van der Waals surface area (Å²) in [5.41, 5.74) is 1.83. The number of aliphatic hydroxyl groups is 1. The molecule has 0 rings (SSSR count). The summed E-state index contributed by atoms with van der Waals surface area (Å²) in [6.07, 6.45) is 0. The van der Waals surface area contributed by atoms with E-state index in [-0.39, 0.29) is 0 Å². The molecule has 8 nitrogen and oxygen atoms in total. The van der Waals surface area contributed by atoms with Gasteiger partial charge in [0.2, 0.25) is 0 Å². The number of nitrogens with two attached hydrogens (primary N) is 1. The van der Waals surface area contributed by atoms with Crippen LogP contribution in [0.15, 0.2) is 0 Å². The van der Waals surface area contributed by atoms with Crippen molar-refractivity contribution in [3.8, 4) is 0 Å². The molecule has 0 saturated heterocycles. The normalized spacial score (nSPS) is 14.1. The van der Waals surface area contributed by atoms with Gasteiger partial charge in [-0.2, -0.15) is 0 Å². The number of amides is 2. The highest BCUT2D eigenvalue weighted by Crippen LogP contribution is 2.11. The molecule has 2 amide bonds. The lowest BCUT2D eigenvalue weighted by molar-refractivity contribution is -0.187. The zero-order valence-corrected chi connectivity index (χ0v) is 7.31. The standard InChI is InChI=1S/C6H10N2O6/c1-8-4(11)6(3(7)10,5(12)13)14-2-9/h9H,2H2,1H3,(H2,7,10)(H,8,11)(H,12,13). The lowest BCUT2D eigenvalue weighted by Crippen LogP contribution is -2.62. The predicted octanol–water partition coefficient (Wildman–Crippen LogP) is -2.99. The quantitative estimate of drug-likeness (QED) is 0.279. The second kappa shape index (κ2) is 4.53. The van der Waals surface area contributed by atoms with E-state index in [9.17, 15) is 14.4 Å². The molecule has 1 unspecified atom stereocenters. The van der Waals surface area contributed by atoms with Crippen LogP contribution in [0.1, 0.15) is 0 Å². The second-order valence-electron chi connectivity index (χ2n) is 2.20. The van der Waals surface area contributed by atoms with Crippen molar-refractivity contribution in [3.05, 3.63) is 0 Å². The molecule has 80 valence electrons. The van der Waals surface area contributed by atoms with Crippen molar-refractivity contribution in [1.29, 1.82) is 0 Å². The molecule has 0 radical (unpaired) electrons. The summed E-state index contributed by atoms with van der Waals surface area (Å²) >= 11 is 0. The third-order valence-electron chi connectivity index (χ3n) is 1.48. The van der Waals surface area contributed by atoms with E-state index in [2.05, 4.69) is 4.74 Å². The van der Waals surface area contributed by atoms with Crippen LogP contribution < -0.4 is 11.1 Å². The molecule has 0 aliphatic heterocycles. The van der Waals surface area contributed by atoms with Crippen molar-refractivity contribution in [2.24, 2.45) is 5.73 Å². The summed E-state index contributed by atoms with van der Waals surface area (Å²) in [6, 6.07) is 0. The first kappa shape index (κ1) is 12.3. The van der Waals surface area contributed by atoms with Crippen LogP contribution in [0.3, 0.4) is 0 Å². The Labute approximate surface area is 78.6 Å². The molecule has 0 fully saturated rings. The van der Waals surface area contributed by atoms with Gasteiger partial charge in [0.25, 0.3) is 11.8 Å². The molecule has 8 heteroatoms. The first-order valence-electron chi connectivity index (χ1n) is 3.43. The molecule has 5 N–H and O–H groups in total. The Morgan fingerprint density at radius 2 is 2.00 bits per heavy atom. The molecule has 0 aromatic heterocycles. The van der Waals surface area contributed by atoms with Gasteiger partial charge in [0, 0.05) is 7.05 Å². The van der Waals surface area contributed by atoms with Gasteiger partial charge >= 0.3 is 11.6 Å². The number of carboxylic acid groups (broad SMARTS) is 1. The Balaban J connectivity index is 5.26. The van der Waals surface area contributed by atoms with Crippen LogP contribution in [0, 0.1) is 0 Å². The minimum Gasteiger partial charge on any atom is -0.478 e. The number of likely N-dealkylation sites (N-methyl/N-ethyl adjacent to an activating group) is 1. The van der Waals surface area contributed by atoms with Crippen LogP contribution in [0.5, 0.6) is 0 Å². The summed E-state index contributed by atoms with van der Waals surface area (Å²) in [7, 11) is 1.10. The Morgan fingerprint density at radius 1 is 1.50 bits per heavy atom. The van der Waals surface area contributed by atoms with Gasteiger partial charge in [-0.3, -0.25) is 9.59 Å². The van der Waals surface area contributed by atoms with Crippen molar-refractivity contribution in [1.82, 2.24) is 5.32 Å². The largest absolute Gasteiger partial charge is 0.478 e. The zero-order valence-electron chi connectivity index (χ0n) is 7.31. The van der Waals surface area contributed by atoms with Gasteiger partial charge in [-0.25, -0.2) is 4.79 Å². The van der Waals surface area contributed by atoms with Gasteiger partial charge in [0.15, 0.2) is 0 Å². The summed E-state index contributed by atoms with van der Waals surface area (Å²) in [5.74, 6) is -4.66. The number of nitrogens with one attached hydrogen (secondary N) is 1. The van der Waals surface area contributed by atoms with Crippen molar-refractivity contribution in [3.63, 3.8) is 0 Å². The molecule has 0 aliphatic rings. The molecule has 0 bridgehead atoms. The number of aliphatic hydroxyl groups excluding tert-OH is 1. The fraction of sp³-hybridized carbons (Fsp3) is 0.500. The van der Waals surface area contributed by atoms with Crippen LogP contribution in [0.2, 0.25) is 0 Å². The Bertz CT molecular complexity index is 249. The molecule has 0 aromatic rings. The average Bonchev–Trinajstić information content (AvgIpc) is 2.11. The van der Waals surface area contributed by atoms with E-state index >= 15 is 0 Å². The smallest absolute Gasteiger partial charge is 0.356 e. The Morgan fingerprint density at radius 3 is 2.21 bits per heavy atom. The molecule has 0 aliphatic carbocycles. The van der Waals surface area contributed by atoms with Gasteiger partial charge in [0.05, 0.1) is 0 Å². The number of carboxylic acids is 1. The van der Waals surface area contributed by atoms with Gasteiger partial charge in [-0.15, -0.1) is 0 Å². The van der Waals surface area contributed by atoms with Crippen molar-refractivity contribution in [2.45, 2.75) is 5.60 Å². The highest BCUT2D eigenvalue weighted by Gasteiger charge is 2.53. The zero-order chi connectivity index (χ0) is 11.4. The summed E-state index contributed by atoms with van der Waals surface area (Å²) < 4.78 is 4.17. The molecule has 14 heavy (non-hydrogen) atoms. The first-order chi connectivity index (χ1) is 6.43. The summed E-state index contributed by atoms with van der Waals surface area (Å²) in [4.78, 5) is 32.5. The number of ether oxygens (including phenoxy) is 1. The predicted molar refractivity (Wildman–Crippen MR) is 41.8 cm³/mol. The fourth-order valence-electron chi connectivity index (χ4n) is 0.786. The summed E-state index contributed by atoms with van der Waals surface area (Å²) in [6.45, 7) is -1.12. The fourth-order valence-corrected chi connectivity index (χ4v) is 0.786. The van der Waals surface area contributed by atoms with Gasteiger partial charge < -0.3 is 26.0 Å². The second-order valence-corrected chi connectivity index (χ2v) is 2.20. The van der Waals surface area contributed by atoms with Crippen molar-refractivity contribution in [2.75, 3.05) is 13.8 Å². The SMILES string of the molecule is CNC(=O)C(OCO)(C(N)=O)C(=O)O. The van der Waals surface area contributed by atoms with Crippen molar-refractivity contribution >= 4 is 17.8 Å². The van der Waals surface area contributed by atoms with Crippen LogP contribution in [0.25, 0.3) is 0 Å². The number of hydrogen-bond acceptors (Lipinski definition) is 5. The molecular formula is C6H10N2O6. The number of rotatable bonds is 5. The van der Waals surface area contributed by atoms with Crippen LogP contribution in [-0.4, -0.2) is 47.4 Å². The molecule has 1 atom stereocenters. The number of aliphatic carboxylic acids is 1. The Kier molecular flexibility index (Phi) is 3.99. The van der Waals surface area contributed by atoms with Crippen LogP contribution >= 0.6 is 0 Å². The number of carbonyl (C=O) groups is 3. The van der Waals surface area contributed by atoms with E-state index in [1.807, 2.05) is 5.32 Å². The van der Waals surface area contributed by atoms with Gasteiger partial charge in [-0.05, 0) is 0 Å². The third kappa shape index (κ3) is 1.80. The Hall–Kier alpha value is -1.67. The first-order valence-corrected chi connectivity index (χ1v) is 3.43. The maximum Gasteiger partial charge on any atom is 0.356 e. The number of hydrogen-bond donors (Lipinski definition) is 4. The van der Waals surface area contributed by atoms with Crippen LogP contribution in [0.4, 0.5) is 0 Å². The minimum atomic E-state index is -2.89. The topological polar surface area (TPSA) is 139 Å². The number of primary amides is 1. The third-order valence-corrected chi connectivity index (χ3v) is 1.48. The monoisotopic (exact) mass is 206 g/mol. The van der Waals surface area contributed by atoms with Gasteiger partial charge in [-0.1, -0.05) is 0 Å². The van der Waals surface area contributed by atoms with E-state index in [0.29, 0.717) is 0 Å².